The zero-order chi connectivity index (χ0) is 14.6. The van der Waals surface area contributed by atoms with Gasteiger partial charge in [0.1, 0.15) is 0 Å². The number of benzene rings is 1. The van der Waals surface area contributed by atoms with Gasteiger partial charge in [-0.25, -0.2) is 22.4 Å². The van der Waals surface area contributed by atoms with Crippen LogP contribution in [0.5, 0.6) is 0 Å². The molecule has 0 aromatic heterocycles. The molecular formula is C11H11F4NO3. The molecular weight excluding hydrogens is 270 g/mol. The Kier molecular flexibility index (Phi) is 4.71. The van der Waals surface area contributed by atoms with Gasteiger partial charge in [-0.1, -0.05) is 24.3 Å². The molecule has 0 saturated carbocycles. The van der Waals surface area contributed by atoms with E-state index in [1.165, 1.54) is 12.1 Å². The fourth-order valence-corrected chi connectivity index (χ4v) is 1.41. The highest BCUT2D eigenvalue weighted by atomic mass is 19.3. The number of rotatable bonds is 5. The molecule has 1 aromatic carbocycles. The topological polar surface area (TPSA) is 69.6 Å². The van der Waals surface area contributed by atoms with Gasteiger partial charge in [-0.15, -0.1) is 0 Å². The highest BCUT2D eigenvalue weighted by molar-refractivity contribution is 5.64. The monoisotopic (exact) mass is 281 g/mol. The molecule has 8 heteroatoms. The molecule has 0 bridgehead atoms. The first-order valence-corrected chi connectivity index (χ1v) is 5.13. The minimum Gasteiger partial charge on any atom is -0.465 e. The van der Waals surface area contributed by atoms with Gasteiger partial charge in [0.2, 0.25) is 5.60 Å². The van der Waals surface area contributed by atoms with E-state index in [1.54, 1.807) is 0 Å². The second-order valence-corrected chi connectivity index (χ2v) is 3.78. The van der Waals surface area contributed by atoms with Crippen LogP contribution in [-0.4, -0.2) is 29.2 Å². The fourth-order valence-electron chi connectivity index (χ4n) is 1.41. The summed E-state index contributed by atoms with van der Waals surface area (Å²) in [6.45, 7) is -0.0998. The van der Waals surface area contributed by atoms with Crippen molar-refractivity contribution in [3.63, 3.8) is 0 Å². The number of hydrogen-bond donors (Lipinski definition) is 3. The van der Waals surface area contributed by atoms with E-state index in [2.05, 4.69) is 0 Å². The standard InChI is InChI=1S/C11H11F4NO3/c12-8(13)11(19,9(14)15)7-3-1-6(2-4-7)5-16-10(17)18/h1-4,8-9,16,19H,5H2,(H,17,18). The highest BCUT2D eigenvalue weighted by Crippen LogP contribution is 2.34. The van der Waals surface area contributed by atoms with Crippen LogP contribution in [0, 0.1) is 0 Å². The van der Waals surface area contributed by atoms with Crippen molar-refractivity contribution < 1.29 is 32.6 Å². The van der Waals surface area contributed by atoms with Crippen molar-refractivity contribution in [3.8, 4) is 0 Å². The van der Waals surface area contributed by atoms with Gasteiger partial charge in [0.05, 0.1) is 0 Å². The van der Waals surface area contributed by atoms with Crippen molar-refractivity contribution in [2.75, 3.05) is 0 Å². The molecule has 19 heavy (non-hydrogen) atoms. The first kappa shape index (κ1) is 15.2. The molecule has 4 nitrogen and oxygen atoms in total. The van der Waals surface area contributed by atoms with Gasteiger partial charge in [-0.3, -0.25) is 0 Å². The van der Waals surface area contributed by atoms with Crippen molar-refractivity contribution in [1.82, 2.24) is 5.32 Å². The molecule has 3 N–H and O–H groups in total. The quantitative estimate of drug-likeness (QED) is 0.724. The van der Waals surface area contributed by atoms with Crippen LogP contribution in [-0.2, 0) is 12.1 Å². The number of halogens is 4. The lowest BCUT2D eigenvalue weighted by atomic mass is 9.94. The maximum atomic E-state index is 12.6. The van der Waals surface area contributed by atoms with E-state index in [9.17, 15) is 27.5 Å². The van der Waals surface area contributed by atoms with Crippen LogP contribution in [0.25, 0.3) is 0 Å². The lowest BCUT2D eigenvalue weighted by molar-refractivity contribution is -0.183. The summed E-state index contributed by atoms with van der Waals surface area (Å²) in [5.41, 5.74) is -3.77. The normalized spacial score (nSPS) is 11.9. The van der Waals surface area contributed by atoms with Crippen LogP contribution < -0.4 is 5.32 Å². The summed E-state index contributed by atoms with van der Waals surface area (Å²) in [7, 11) is 0. The summed E-state index contributed by atoms with van der Waals surface area (Å²) >= 11 is 0. The van der Waals surface area contributed by atoms with Crippen LogP contribution in [0.1, 0.15) is 11.1 Å². The Labute approximate surface area is 105 Å². The molecule has 106 valence electrons. The van der Waals surface area contributed by atoms with Crippen LogP contribution in [0.2, 0.25) is 0 Å². The molecule has 0 aliphatic carbocycles. The molecule has 0 radical (unpaired) electrons. The smallest absolute Gasteiger partial charge is 0.404 e. The van der Waals surface area contributed by atoms with Crippen LogP contribution in [0.4, 0.5) is 22.4 Å². The second-order valence-electron chi connectivity index (χ2n) is 3.78. The number of carboxylic acid groups (broad SMARTS) is 1. The van der Waals surface area contributed by atoms with Crippen LogP contribution in [0.3, 0.4) is 0 Å². The van der Waals surface area contributed by atoms with Gasteiger partial charge >= 0.3 is 6.09 Å². The predicted octanol–water partition coefficient (Wildman–Crippen LogP) is 2.17. The largest absolute Gasteiger partial charge is 0.465 e. The SMILES string of the molecule is O=C(O)NCc1ccc(C(O)(C(F)F)C(F)F)cc1. The third kappa shape index (κ3) is 3.34. The van der Waals surface area contributed by atoms with Gasteiger partial charge in [0.15, 0.2) is 0 Å². The third-order valence-corrected chi connectivity index (χ3v) is 2.53. The van der Waals surface area contributed by atoms with E-state index in [-0.39, 0.29) is 6.54 Å². The van der Waals surface area contributed by atoms with Crippen molar-refractivity contribution in [1.29, 1.82) is 0 Å². The average Bonchev–Trinajstić information content (AvgIpc) is 2.35. The first-order chi connectivity index (χ1) is 8.78. The van der Waals surface area contributed by atoms with Gasteiger partial charge in [0.25, 0.3) is 12.9 Å². The Morgan fingerprint density at radius 2 is 1.63 bits per heavy atom. The number of carbonyl (C=O) groups is 1. The van der Waals surface area contributed by atoms with Gasteiger partial charge in [0, 0.05) is 6.54 Å². The summed E-state index contributed by atoms with van der Waals surface area (Å²) in [5, 5.41) is 19.7. The Morgan fingerprint density at radius 3 is 2.00 bits per heavy atom. The Hall–Kier alpha value is -1.83. The van der Waals surface area contributed by atoms with Crippen molar-refractivity contribution in [2.45, 2.75) is 25.0 Å². The Balaban J connectivity index is 2.93. The van der Waals surface area contributed by atoms with Crippen molar-refractivity contribution in [3.05, 3.63) is 35.4 Å². The first-order valence-electron chi connectivity index (χ1n) is 5.13. The molecule has 1 rings (SSSR count). The lowest BCUT2D eigenvalue weighted by Crippen LogP contribution is -2.41. The molecule has 0 heterocycles. The molecule has 0 saturated heterocycles. The minimum atomic E-state index is -3.64. The van der Waals surface area contributed by atoms with Gasteiger partial charge in [-0.2, -0.15) is 0 Å². The molecule has 0 atom stereocenters. The average molecular weight is 281 g/mol. The van der Waals surface area contributed by atoms with E-state index in [0.29, 0.717) is 5.56 Å². The highest BCUT2D eigenvalue weighted by Gasteiger charge is 2.48. The summed E-state index contributed by atoms with van der Waals surface area (Å²) in [6, 6.07) is 4.19. The minimum absolute atomic E-state index is 0.0998. The molecule has 0 aliphatic rings. The molecule has 1 aromatic rings. The zero-order valence-electron chi connectivity index (χ0n) is 9.49. The Morgan fingerprint density at radius 1 is 1.16 bits per heavy atom. The molecule has 1 amide bonds. The van der Waals surface area contributed by atoms with Crippen molar-refractivity contribution in [2.24, 2.45) is 0 Å². The predicted molar refractivity (Wildman–Crippen MR) is 57.2 cm³/mol. The number of amides is 1. The van der Waals surface area contributed by atoms with Gasteiger partial charge in [-0.05, 0) is 11.1 Å². The number of hydrogen-bond acceptors (Lipinski definition) is 2. The zero-order valence-corrected chi connectivity index (χ0v) is 9.49. The van der Waals surface area contributed by atoms with Crippen LogP contribution in [0.15, 0.2) is 24.3 Å². The van der Waals surface area contributed by atoms with Crippen molar-refractivity contribution >= 4 is 6.09 Å². The number of nitrogens with one attached hydrogen (secondary N) is 1. The van der Waals surface area contributed by atoms with Gasteiger partial charge < -0.3 is 15.5 Å². The molecule has 0 unspecified atom stereocenters. The summed E-state index contributed by atoms with van der Waals surface area (Å²) in [5.74, 6) is 0. The molecule has 0 fully saturated rings. The number of alkyl halides is 4. The number of aliphatic hydroxyl groups is 1. The molecule has 0 spiro atoms. The van der Waals surface area contributed by atoms with Crippen LogP contribution >= 0.6 is 0 Å². The maximum Gasteiger partial charge on any atom is 0.404 e. The Bertz CT molecular complexity index is 428. The lowest BCUT2D eigenvalue weighted by Gasteiger charge is -2.26. The van der Waals surface area contributed by atoms with E-state index >= 15 is 0 Å². The third-order valence-electron chi connectivity index (χ3n) is 2.53. The van der Waals surface area contributed by atoms with E-state index in [1.807, 2.05) is 5.32 Å². The van der Waals surface area contributed by atoms with E-state index in [0.717, 1.165) is 12.1 Å². The van der Waals surface area contributed by atoms with E-state index in [4.69, 9.17) is 5.11 Å². The maximum absolute atomic E-state index is 12.6. The second kappa shape index (κ2) is 5.87. The fraction of sp³-hybridized carbons (Fsp3) is 0.364. The summed E-state index contributed by atoms with van der Waals surface area (Å²) < 4.78 is 50.2. The summed E-state index contributed by atoms with van der Waals surface area (Å²) in [4.78, 5) is 10.2. The van der Waals surface area contributed by atoms with E-state index < -0.39 is 30.1 Å². The molecule has 0 aliphatic heterocycles. The summed E-state index contributed by atoms with van der Waals surface area (Å²) in [6.07, 6.45) is -8.56.